The van der Waals surface area contributed by atoms with E-state index in [1.807, 2.05) is 13.0 Å². The van der Waals surface area contributed by atoms with E-state index in [0.717, 1.165) is 10.3 Å². The van der Waals surface area contributed by atoms with Gasteiger partial charge in [0.1, 0.15) is 12.9 Å². The van der Waals surface area contributed by atoms with Crippen molar-refractivity contribution in [1.29, 1.82) is 0 Å². The second-order valence-electron chi connectivity index (χ2n) is 6.03. The molecule has 1 nitrogen and oxygen atoms in total. The van der Waals surface area contributed by atoms with Crippen molar-refractivity contribution in [2.75, 3.05) is 0 Å². The zero-order valence-corrected chi connectivity index (χ0v) is 14.2. The van der Waals surface area contributed by atoms with E-state index in [4.69, 9.17) is 0 Å². The van der Waals surface area contributed by atoms with Crippen molar-refractivity contribution >= 4 is 31.5 Å². The van der Waals surface area contributed by atoms with Crippen LogP contribution in [0.5, 0.6) is 0 Å². The fraction of sp³-hybridized carbons (Fsp3) is 0.150. The highest BCUT2D eigenvalue weighted by Crippen LogP contribution is 2.42. The Morgan fingerprint density at radius 2 is 1.83 bits per heavy atom. The predicted molar refractivity (Wildman–Crippen MR) is 95.4 cm³/mol. The largest absolute Gasteiger partial charge is 0.213 e. The van der Waals surface area contributed by atoms with Gasteiger partial charge in [-0.15, -0.1) is 11.3 Å². The van der Waals surface area contributed by atoms with Crippen LogP contribution in [0.15, 0.2) is 48.7 Å². The number of benzene rings is 2. The Labute approximate surface area is 138 Å². The summed E-state index contributed by atoms with van der Waals surface area (Å²) in [6, 6.07) is 13.8. The predicted octanol–water partition coefficient (Wildman–Crippen LogP) is 5.30. The number of pyridine rings is 1. The maximum atomic E-state index is 13.8. The number of hydrogen-bond donors (Lipinski definition) is 0. The highest BCUT2D eigenvalue weighted by Gasteiger charge is 2.19. The summed E-state index contributed by atoms with van der Waals surface area (Å²) in [5.74, 6) is -0.162. The molecule has 2 aromatic heterocycles. The number of fused-ring (bicyclic) bond motifs is 3. The van der Waals surface area contributed by atoms with E-state index in [1.165, 1.54) is 32.3 Å². The first kappa shape index (κ1) is 14.3. The first-order valence-electron chi connectivity index (χ1n) is 7.63. The van der Waals surface area contributed by atoms with Crippen LogP contribution in [0, 0.1) is 19.7 Å². The van der Waals surface area contributed by atoms with E-state index in [9.17, 15) is 4.39 Å². The smallest absolute Gasteiger partial charge is 0.207 e. The summed E-state index contributed by atoms with van der Waals surface area (Å²) in [5.41, 5.74) is 4.66. The summed E-state index contributed by atoms with van der Waals surface area (Å²) < 4.78 is 18.2. The normalized spacial score (nSPS) is 11.5. The van der Waals surface area contributed by atoms with Crippen LogP contribution >= 0.6 is 11.3 Å². The second-order valence-corrected chi connectivity index (χ2v) is 7.08. The number of rotatable bonds is 1. The Morgan fingerprint density at radius 1 is 1.00 bits per heavy atom. The number of halogens is 1. The van der Waals surface area contributed by atoms with E-state index < -0.39 is 0 Å². The molecule has 23 heavy (non-hydrogen) atoms. The minimum atomic E-state index is -0.162. The van der Waals surface area contributed by atoms with Crippen molar-refractivity contribution in [3.63, 3.8) is 0 Å². The van der Waals surface area contributed by atoms with Gasteiger partial charge in [0, 0.05) is 32.3 Å². The Bertz CT molecular complexity index is 1060. The maximum Gasteiger partial charge on any atom is 0.213 e. The van der Waals surface area contributed by atoms with Gasteiger partial charge in [0.05, 0.1) is 5.56 Å². The first-order valence-corrected chi connectivity index (χ1v) is 8.45. The minimum Gasteiger partial charge on any atom is -0.207 e. The molecule has 0 amide bonds. The second kappa shape index (κ2) is 5.14. The van der Waals surface area contributed by atoms with Gasteiger partial charge in [-0.2, -0.15) is 0 Å². The Hall–Kier alpha value is -2.26. The van der Waals surface area contributed by atoms with Crippen LogP contribution in [0.2, 0.25) is 0 Å². The van der Waals surface area contributed by atoms with E-state index in [1.54, 1.807) is 23.5 Å². The van der Waals surface area contributed by atoms with Gasteiger partial charge in [-0.05, 0) is 43.2 Å². The van der Waals surface area contributed by atoms with Crippen LogP contribution < -0.4 is 4.57 Å². The summed E-state index contributed by atoms with van der Waals surface area (Å²) >= 11 is 1.68. The van der Waals surface area contributed by atoms with Crippen LogP contribution in [-0.2, 0) is 7.05 Å². The number of thiophene rings is 1. The monoisotopic (exact) mass is 322 g/mol. The lowest BCUT2D eigenvalue weighted by molar-refractivity contribution is -0.660. The quantitative estimate of drug-likeness (QED) is 0.419. The molecule has 0 N–H and O–H groups in total. The topological polar surface area (TPSA) is 3.88 Å². The highest BCUT2D eigenvalue weighted by molar-refractivity contribution is 7.26. The van der Waals surface area contributed by atoms with Gasteiger partial charge in [-0.3, -0.25) is 0 Å². The zero-order valence-electron chi connectivity index (χ0n) is 13.4. The summed E-state index contributed by atoms with van der Waals surface area (Å²) in [4.78, 5) is 0. The molecular weight excluding hydrogens is 305 g/mol. The van der Waals surface area contributed by atoms with Crippen molar-refractivity contribution in [3.05, 3.63) is 65.6 Å². The Balaban J connectivity index is 2.19. The fourth-order valence-corrected chi connectivity index (χ4v) is 4.75. The van der Waals surface area contributed by atoms with E-state index in [-0.39, 0.29) is 5.82 Å². The molecule has 0 aliphatic heterocycles. The molecule has 0 fully saturated rings. The molecule has 4 rings (SSSR count). The van der Waals surface area contributed by atoms with Crippen molar-refractivity contribution in [3.8, 4) is 11.3 Å². The van der Waals surface area contributed by atoms with Crippen molar-refractivity contribution in [2.24, 2.45) is 7.05 Å². The lowest BCUT2D eigenvalue weighted by Gasteiger charge is -2.06. The molecule has 4 aromatic rings. The van der Waals surface area contributed by atoms with Crippen LogP contribution in [-0.4, -0.2) is 0 Å². The summed E-state index contributed by atoms with van der Waals surface area (Å²) in [5, 5.41) is 2.39. The van der Waals surface area contributed by atoms with Crippen LogP contribution in [0.25, 0.3) is 31.4 Å². The van der Waals surface area contributed by atoms with Crippen LogP contribution in [0.3, 0.4) is 0 Å². The number of nitrogens with zero attached hydrogens (tertiary/aromatic N) is 1. The molecule has 2 heterocycles. The third-order valence-corrected chi connectivity index (χ3v) is 5.59. The van der Waals surface area contributed by atoms with Gasteiger partial charge < -0.3 is 0 Å². The van der Waals surface area contributed by atoms with Gasteiger partial charge in [0.25, 0.3) is 0 Å². The molecule has 3 heteroatoms. The Kier molecular flexibility index (Phi) is 3.20. The third-order valence-electron chi connectivity index (χ3n) is 4.42. The molecule has 0 saturated heterocycles. The molecule has 2 aromatic carbocycles. The molecule has 0 saturated carbocycles. The Morgan fingerprint density at radius 3 is 2.61 bits per heavy atom. The number of aromatic nitrogens is 1. The molecule has 0 bridgehead atoms. The molecule has 0 atom stereocenters. The average molecular weight is 322 g/mol. The van der Waals surface area contributed by atoms with Crippen molar-refractivity contribution < 1.29 is 8.96 Å². The number of hydrogen-bond acceptors (Lipinski definition) is 1. The summed E-state index contributed by atoms with van der Waals surface area (Å²) in [7, 11) is 2.06. The molecule has 0 radical (unpaired) electrons. The highest BCUT2D eigenvalue weighted by atomic mass is 32.1. The van der Waals surface area contributed by atoms with Gasteiger partial charge in [-0.1, -0.05) is 12.1 Å². The van der Waals surface area contributed by atoms with Gasteiger partial charge in [-0.25, -0.2) is 8.96 Å². The minimum absolute atomic E-state index is 0.162. The standard InChI is InChI=1S/C20H17FNS/c1-12-7-8-15-18-13(2)10-14(21)11-17(18)23-20(15)19(12)16-6-4-5-9-22(16)3/h4-11H,1-3H3/q+1. The lowest BCUT2D eigenvalue weighted by Crippen LogP contribution is -2.30. The average Bonchev–Trinajstić information content (AvgIpc) is 2.86. The SMILES string of the molecule is Cc1ccc2c(sc3cc(F)cc(C)c32)c1-c1cccc[n+]1C. The molecule has 0 unspecified atom stereocenters. The summed E-state index contributed by atoms with van der Waals surface area (Å²) in [6.07, 6.45) is 2.06. The van der Waals surface area contributed by atoms with Gasteiger partial charge in [0.15, 0.2) is 6.20 Å². The molecule has 0 aliphatic rings. The molecule has 0 spiro atoms. The lowest BCUT2D eigenvalue weighted by atomic mass is 9.99. The van der Waals surface area contributed by atoms with Gasteiger partial charge in [0.2, 0.25) is 5.69 Å². The van der Waals surface area contributed by atoms with E-state index in [0.29, 0.717) is 0 Å². The maximum absolute atomic E-state index is 13.8. The first-order chi connectivity index (χ1) is 11.1. The number of aryl methyl sites for hydroxylation is 3. The van der Waals surface area contributed by atoms with Crippen LogP contribution in [0.1, 0.15) is 11.1 Å². The van der Waals surface area contributed by atoms with Gasteiger partial charge >= 0.3 is 0 Å². The fourth-order valence-electron chi connectivity index (χ4n) is 3.33. The van der Waals surface area contributed by atoms with Crippen molar-refractivity contribution in [1.82, 2.24) is 0 Å². The molecule has 0 aliphatic carbocycles. The third kappa shape index (κ3) is 2.15. The van der Waals surface area contributed by atoms with Crippen LogP contribution in [0.4, 0.5) is 4.39 Å². The zero-order chi connectivity index (χ0) is 16.1. The molecular formula is C20H17FNS+. The van der Waals surface area contributed by atoms with E-state index in [2.05, 4.69) is 49.0 Å². The van der Waals surface area contributed by atoms with E-state index >= 15 is 0 Å². The summed E-state index contributed by atoms with van der Waals surface area (Å²) in [6.45, 7) is 4.12. The van der Waals surface area contributed by atoms with Crippen molar-refractivity contribution in [2.45, 2.75) is 13.8 Å². The molecule has 114 valence electrons.